The molecule has 0 radical (unpaired) electrons. The summed E-state index contributed by atoms with van der Waals surface area (Å²) < 4.78 is 5.54. The molecule has 0 aromatic heterocycles. The van der Waals surface area contributed by atoms with Crippen molar-refractivity contribution in [3.05, 3.63) is 11.6 Å². The van der Waals surface area contributed by atoms with E-state index in [1.165, 1.54) is 5.57 Å². The van der Waals surface area contributed by atoms with Gasteiger partial charge in [0.1, 0.15) is 6.10 Å². The Morgan fingerprint density at radius 1 is 0.842 bits per heavy atom. The fourth-order valence-corrected chi connectivity index (χ4v) is 11.0. The molecule has 0 aliphatic heterocycles. The molecule has 0 amide bonds. The zero-order valence-electron chi connectivity index (χ0n) is 24.5. The van der Waals surface area contributed by atoms with Crippen LogP contribution < -0.4 is 0 Å². The lowest BCUT2D eigenvalue weighted by Crippen LogP contribution is -2.65. The fraction of sp³-hybridized carbons (Fsp3) is 0.844. The van der Waals surface area contributed by atoms with Gasteiger partial charge < -0.3 is 14.9 Å². The molecule has 5 rings (SSSR count). The van der Waals surface area contributed by atoms with E-state index < -0.39 is 29.4 Å². The average molecular weight is 529 g/mol. The number of carbonyl (C=O) groups is 3. The van der Waals surface area contributed by atoms with E-state index in [0.29, 0.717) is 18.3 Å². The Morgan fingerprint density at radius 3 is 2.13 bits per heavy atom. The topological polar surface area (TPSA) is 101 Å². The van der Waals surface area contributed by atoms with Crippen LogP contribution in [0.5, 0.6) is 0 Å². The number of carboxylic acids is 2. The lowest BCUT2D eigenvalue weighted by atomic mass is 9.33. The van der Waals surface area contributed by atoms with Crippen molar-refractivity contribution in [2.75, 3.05) is 0 Å². The molecule has 0 spiro atoms. The third-order valence-electron chi connectivity index (χ3n) is 13.4. The number of carbonyl (C=O) groups excluding carboxylic acids is 1. The minimum absolute atomic E-state index is 0.0301. The Hall–Kier alpha value is -1.85. The van der Waals surface area contributed by atoms with Gasteiger partial charge in [-0.25, -0.2) is 9.59 Å². The summed E-state index contributed by atoms with van der Waals surface area (Å²) in [6.45, 7) is 16.3. The molecular weight excluding hydrogens is 480 g/mol. The summed E-state index contributed by atoms with van der Waals surface area (Å²) in [5.74, 6) is -2.39. The van der Waals surface area contributed by atoms with Crippen LogP contribution in [-0.4, -0.2) is 34.2 Å². The molecule has 0 aromatic carbocycles. The van der Waals surface area contributed by atoms with Crippen molar-refractivity contribution in [2.24, 2.45) is 50.2 Å². The van der Waals surface area contributed by atoms with Gasteiger partial charge in [0.2, 0.25) is 0 Å². The Bertz CT molecular complexity index is 1090. The largest absolute Gasteiger partial charge is 0.481 e. The molecule has 212 valence electrons. The normalized spacial score (nSPS) is 46.8. The molecule has 38 heavy (non-hydrogen) atoms. The highest BCUT2D eigenvalue weighted by Crippen LogP contribution is 2.75. The zero-order chi connectivity index (χ0) is 28.1. The van der Waals surface area contributed by atoms with Gasteiger partial charge in [-0.05, 0) is 104 Å². The predicted molar refractivity (Wildman–Crippen MR) is 144 cm³/mol. The number of rotatable bonds is 2. The van der Waals surface area contributed by atoms with Crippen LogP contribution in [0.3, 0.4) is 0 Å². The summed E-state index contributed by atoms with van der Waals surface area (Å²) in [4.78, 5) is 36.0. The molecule has 4 fully saturated rings. The standard InChI is InChI=1S/C32H48O6/c1-27(2)14-16-32(26(36)37)17-15-30(6)19(20(32)18-27)8-9-22-29(5)12-11-23(38-25(35)24(33)34)28(3,4)21(29)10-13-31(22,30)7/h8,20-23H,9-18H2,1-7H3,(H,33,34)(H,36,37)/t20-,21+,22+,23+,29+,30-,31-,32+/m1/s1. The minimum Gasteiger partial charge on any atom is -0.481 e. The quantitative estimate of drug-likeness (QED) is 0.230. The molecule has 0 saturated heterocycles. The van der Waals surface area contributed by atoms with Crippen molar-refractivity contribution >= 4 is 17.9 Å². The van der Waals surface area contributed by atoms with Gasteiger partial charge in [0, 0.05) is 5.41 Å². The van der Waals surface area contributed by atoms with E-state index in [2.05, 4.69) is 54.5 Å². The second kappa shape index (κ2) is 8.33. The Balaban J connectivity index is 1.52. The van der Waals surface area contributed by atoms with Crippen LogP contribution in [0.4, 0.5) is 0 Å². The number of ether oxygens (including phenoxy) is 1. The monoisotopic (exact) mass is 528 g/mol. The molecular formula is C32H48O6. The highest BCUT2D eigenvalue weighted by molar-refractivity contribution is 6.28. The third kappa shape index (κ3) is 3.53. The molecule has 5 aliphatic carbocycles. The van der Waals surface area contributed by atoms with Gasteiger partial charge in [-0.3, -0.25) is 4.79 Å². The number of hydrogen-bond donors (Lipinski definition) is 2. The molecule has 0 heterocycles. The van der Waals surface area contributed by atoms with Crippen molar-refractivity contribution in [1.82, 2.24) is 0 Å². The fourth-order valence-electron chi connectivity index (χ4n) is 11.0. The van der Waals surface area contributed by atoms with E-state index in [1.807, 2.05) is 0 Å². The van der Waals surface area contributed by atoms with Gasteiger partial charge in [-0.1, -0.05) is 60.1 Å². The first-order valence-electron chi connectivity index (χ1n) is 14.8. The number of carboxylic acid groups (broad SMARTS) is 2. The molecule has 4 saturated carbocycles. The molecule has 6 heteroatoms. The summed E-state index contributed by atoms with van der Waals surface area (Å²) in [6, 6.07) is 0. The molecule has 0 unspecified atom stereocenters. The summed E-state index contributed by atoms with van der Waals surface area (Å²) in [6.07, 6.45) is 11.1. The minimum atomic E-state index is -1.52. The molecule has 2 N–H and O–H groups in total. The van der Waals surface area contributed by atoms with Gasteiger partial charge in [0.15, 0.2) is 0 Å². The van der Waals surface area contributed by atoms with Gasteiger partial charge in [0.05, 0.1) is 5.41 Å². The lowest BCUT2D eigenvalue weighted by molar-refractivity contribution is -0.215. The van der Waals surface area contributed by atoms with Crippen molar-refractivity contribution in [1.29, 1.82) is 0 Å². The molecule has 5 aliphatic rings. The summed E-state index contributed by atoms with van der Waals surface area (Å²) >= 11 is 0. The summed E-state index contributed by atoms with van der Waals surface area (Å²) in [7, 11) is 0. The number of allylic oxidation sites excluding steroid dienone is 2. The number of hydrogen-bond acceptors (Lipinski definition) is 4. The highest BCUT2D eigenvalue weighted by atomic mass is 16.6. The Kier molecular flexibility index (Phi) is 6.07. The van der Waals surface area contributed by atoms with E-state index in [9.17, 15) is 19.5 Å². The van der Waals surface area contributed by atoms with Gasteiger partial charge in [-0.15, -0.1) is 0 Å². The molecule has 0 aromatic rings. The molecule has 8 atom stereocenters. The van der Waals surface area contributed by atoms with E-state index in [0.717, 1.165) is 57.8 Å². The van der Waals surface area contributed by atoms with Crippen molar-refractivity contribution in [3.63, 3.8) is 0 Å². The van der Waals surface area contributed by atoms with Gasteiger partial charge in [0.25, 0.3) is 0 Å². The smallest absolute Gasteiger partial charge is 0.417 e. The Morgan fingerprint density at radius 2 is 1.50 bits per heavy atom. The second-order valence-corrected chi connectivity index (χ2v) is 15.7. The van der Waals surface area contributed by atoms with E-state index >= 15 is 0 Å². The first-order chi connectivity index (χ1) is 17.4. The van der Waals surface area contributed by atoms with Crippen LogP contribution >= 0.6 is 0 Å². The second-order valence-electron chi connectivity index (χ2n) is 15.7. The lowest BCUT2D eigenvalue weighted by Gasteiger charge is -2.71. The van der Waals surface area contributed by atoms with Crippen LogP contribution in [0.25, 0.3) is 0 Å². The van der Waals surface area contributed by atoms with Crippen LogP contribution in [0.1, 0.15) is 113 Å². The van der Waals surface area contributed by atoms with E-state index in [1.54, 1.807) is 0 Å². The SMILES string of the molecule is CC1(C)CC[C@]2(C(=O)O)CC[C@]3(C)C(=CC[C@H]4[C@@]5(C)CC[C@H](OC(=O)C(=O)O)C(C)(C)[C@@H]5CC[C@]43C)[C@H]2C1. The van der Waals surface area contributed by atoms with Gasteiger partial charge in [-0.2, -0.15) is 0 Å². The van der Waals surface area contributed by atoms with Gasteiger partial charge >= 0.3 is 17.9 Å². The van der Waals surface area contributed by atoms with Crippen molar-refractivity contribution < 1.29 is 29.3 Å². The van der Waals surface area contributed by atoms with Crippen LogP contribution in [0.2, 0.25) is 0 Å². The maximum Gasteiger partial charge on any atom is 0.417 e. The maximum absolute atomic E-state index is 12.8. The first-order valence-corrected chi connectivity index (χ1v) is 14.8. The zero-order valence-corrected chi connectivity index (χ0v) is 24.5. The first kappa shape index (κ1) is 27.7. The summed E-state index contributed by atoms with van der Waals surface area (Å²) in [5, 5.41) is 19.7. The van der Waals surface area contributed by atoms with E-state index in [4.69, 9.17) is 9.84 Å². The number of fused-ring (bicyclic) bond motifs is 7. The maximum atomic E-state index is 12.8. The Labute approximate surface area is 228 Å². The number of aliphatic carboxylic acids is 2. The average Bonchev–Trinajstić information content (AvgIpc) is 2.80. The van der Waals surface area contributed by atoms with Crippen molar-refractivity contribution in [2.45, 2.75) is 119 Å². The van der Waals surface area contributed by atoms with E-state index in [-0.39, 0.29) is 33.0 Å². The molecule has 6 nitrogen and oxygen atoms in total. The third-order valence-corrected chi connectivity index (χ3v) is 13.4. The van der Waals surface area contributed by atoms with Crippen LogP contribution in [0.15, 0.2) is 11.6 Å². The van der Waals surface area contributed by atoms with Crippen LogP contribution in [-0.2, 0) is 19.1 Å². The molecule has 0 bridgehead atoms. The summed E-state index contributed by atoms with van der Waals surface area (Å²) in [5.41, 5.74) is 0.721. The number of esters is 1. The highest BCUT2D eigenvalue weighted by Gasteiger charge is 2.69. The predicted octanol–water partition coefficient (Wildman–Crippen LogP) is 6.87. The van der Waals surface area contributed by atoms with Crippen molar-refractivity contribution in [3.8, 4) is 0 Å². The van der Waals surface area contributed by atoms with Crippen LogP contribution in [0, 0.1) is 50.2 Å².